The van der Waals surface area contributed by atoms with Crippen molar-refractivity contribution in [2.45, 2.75) is 36.4 Å². The van der Waals surface area contributed by atoms with Crippen molar-refractivity contribution >= 4 is 23.4 Å². The van der Waals surface area contributed by atoms with E-state index in [1.807, 2.05) is 42.5 Å². The number of benzene rings is 2. The molecular formula is C21H22N4O3S. The fraction of sp³-hybridized carbons (Fsp3) is 0.286. The van der Waals surface area contributed by atoms with Gasteiger partial charge in [-0.3, -0.25) is 9.36 Å². The third kappa shape index (κ3) is 4.96. The van der Waals surface area contributed by atoms with Gasteiger partial charge in [-0.15, -0.1) is 5.10 Å². The van der Waals surface area contributed by atoms with Crippen LogP contribution in [0.15, 0.2) is 64.5 Å². The zero-order valence-corrected chi connectivity index (χ0v) is 16.7. The van der Waals surface area contributed by atoms with Crippen LogP contribution >= 0.6 is 11.8 Å². The van der Waals surface area contributed by atoms with Crippen molar-refractivity contribution in [3.8, 4) is 0 Å². The second-order valence-corrected chi connectivity index (χ2v) is 7.81. The minimum Gasteiger partial charge on any atom is -0.376 e. The lowest BCUT2D eigenvalue weighted by Crippen LogP contribution is -2.24. The van der Waals surface area contributed by atoms with E-state index >= 15 is 0 Å². The molecule has 0 bridgehead atoms. The quantitative estimate of drug-likeness (QED) is 0.584. The summed E-state index contributed by atoms with van der Waals surface area (Å²) < 4.78 is 7.27. The largest absolute Gasteiger partial charge is 0.376 e. The van der Waals surface area contributed by atoms with Gasteiger partial charge in [-0.1, -0.05) is 42.1 Å². The van der Waals surface area contributed by atoms with E-state index < -0.39 is 0 Å². The Kier molecular flexibility index (Phi) is 6.12. The number of ether oxygens (including phenoxy) is 1. The van der Waals surface area contributed by atoms with Crippen molar-refractivity contribution in [3.63, 3.8) is 0 Å². The van der Waals surface area contributed by atoms with Crippen molar-refractivity contribution in [1.82, 2.24) is 14.8 Å². The zero-order valence-electron chi connectivity index (χ0n) is 15.8. The molecule has 4 rings (SSSR count). The maximum Gasteiger partial charge on any atom is 0.344 e. The van der Waals surface area contributed by atoms with Gasteiger partial charge in [0.2, 0.25) is 0 Å². The highest BCUT2D eigenvalue weighted by Gasteiger charge is 2.19. The van der Waals surface area contributed by atoms with Gasteiger partial charge in [0, 0.05) is 23.6 Å². The fourth-order valence-corrected chi connectivity index (χ4v) is 4.10. The van der Waals surface area contributed by atoms with Gasteiger partial charge in [0.1, 0.15) is 0 Å². The fourth-order valence-electron chi connectivity index (χ4n) is 3.19. The molecular weight excluding hydrogens is 388 g/mol. The first-order valence-corrected chi connectivity index (χ1v) is 10.5. The number of aromatic amines is 1. The molecule has 0 spiro atoms. The smallest absolute Gasteiger partial charge is 0.344 e. The van der Waals surface area contributed by atoms with Crippen LogP contribution in [0.4, 0.5) is 5.69 Å². The van der Waals surface area contributed by atoms with E-state index in [0.717, 1.165) is 30.7 Å². The van der Waals surface area contributed by atoms with Crippen LogP contribution in [-0.4, -0.2) is 33.4 Å². The molecule has 3 aromatic rings. The van der Waals surface area contributed by atoms with Crippen molar-refractivity contribution in [2.75, 3.05) is 11.9 Å². The molecule has 150 valence electrons. The van der Waals surface area contributed by atoms with Crippen molar-refractivity contribution in [2.24, 2.45) is 0 Å². The molecule has 1 saturated heterocycles. The maximum atomic E-state index is 12.3. The molecule has 0 aliphatic carbocycles. The lowest BCUT2D eigenvalue weighted by molar-refractivity contribution is 0.0941. The minimum absolute atomic E-state index is 0.0760. The Labute approximate surface area is 172 Å². The number of carbonyl (C=O) groups is 1. The number of aromatic nitrogens is 3. The molecule has 1 aromatic heterocycles. The molecule has 2 aromatic carbocycles. The van der Waals surface area contributed by atoms with Gasteiger partial charge in [0.15, 0.2) is 5.16 Å². The van der Waals surface area contributed by atoms with Crippen molar-refractivity contribution in [1.29, 1.82) is 0 Å². The van der Waals surface area contributed by atoms with Gasteiger partial charge in [0.05, 0.1) is 12.6 Å². The number of hydrogen-bond acceptors (Lipinski definition) is 5. The summed E-state index contributed by atoms with van der Waals surface area (Å²) in [4.78, 5) is 24.4. The van der Waals surface area contributed by atoms with Crippen LogP contribution in [0.1, 0.15) is 28.8 Å². The number of hydrogen-bond donors (Lipinski definition) is 2. The lowest BCUT2D eigenvalue weighted by Gasteiger charge is -2.11. The van der Waals surface area contributed by atoms with Gasteiger partial charge < -0.3 is 10.1 Å². The van der Waals surface area contributed by atoms with Gasteiger partial charge >= 0.3 is 5.69 Å². The Hall–Kier alpha value is -2.84. The van der Waals surface area contributed by atoms with E-state index in [-0.39, 0.29) is 17.7 Å². The van der Waals surface area contributed by atoms with Crippen LogP contribution in [0.25, 0.3) is 0 Å². The van der Waals surface area contributed by atoms with E-state index in [1.165, 1.54) is 11.8 Å². The number of amides is 1. The lowest BCUT2D eigenvalue weighted by atomic mass is 10.1. The summed E-state index contributed by atoms with van der Waals surface area (Å²) >= 11 is 1.49. The molecule has 1 amide bonds. The first-order chi connectivity index (χ1) is 14.2. The van der Waals surface area contributed by atoms with Crippen LogP contribution < -0.4 is 11.0 Å². The molecule has 0 radical (unpaired) electrons. The molecule has 0 saturated carbocycles. The zero-order chi connectivity index (χ0) is 20.1. The van der Waals surface area contributed by atoms with E-state index in [4.69, 9.17) is 4.74 Å². The number of H-pyrrole nitrogens is 1. The molecule has 0 unspecified atom stereocenters. The Morgan fingerprint density at radius 1 is 1.21 bits per heavy atom. The summed E-state index contributed by atoms with van der Waals surface area (Å²) in [5.41, 5.74) is 2.19. The third-order valence-corrected chi connectivity index (χ3v) is 5.80. The number of rotatable bonds is 7. The summed E-state index contributed by atoms with van der Waals surface area (Å²) in [5.74, 6) is 0.504. The first-order valence-electron chi connectivity index (χ1n) is 9.54. The average molecular weight is 410 g/mol. The van der Waals surface area contributed by atoms with Crippen LogP contribution in [0.5, 0.6) is 0 Å². The Bertz CT molecular complexity index is 1010. The summed E-state index contributed by atoms with van der Waals surface area (Å²) in [6.45, 7) is 1.28. The monoisotopic (exact) mass is 410 g/mol. The van der Waals surface area contributed by atoms with Gasteiger partial charge in [0.25, 0.3) is 5.91 Å². The highest BCUT2D eigenvalue weighted by molar-refractivity contribution is 7.98. The van der Waals surface area contributed by atoms with E-state index in [1.54, 1.807) is 16.7 Å². The van der Waals surface area contributed by atoms with Crippen LogP contribution in [0, 0.1) is 0 Å². The molecule has 2 heterocycles. The second kappa shape index (κ2) is 9.11. The molecule has 1 aliphatic rings. The first kappa shape index (κ1) is 19.5. The normalized spacial score (nSPS) is 16.1. The number of carbonyl (C=O) groups excluding carboxylic acids is 1. The maximum absolute atomic E-state index is 12.3. The van der Waals surface area contributed by atoms with Gasteiger partial charge in [-0.2, -0.15) is 0 Å². The van der Waals surface area contributed by atoms with Crippen LogP contribution in [-0.2, 0) is 17.0 Å². The number of para-hydroxylation sites is 1. The van der Waals surface area contributed by atoms with Crippen molar-refractivity contribution < 1.29 is 9.53 Å². The predicted octanol–water partition coefficient (Wildman–Crippen LogP) is 3.30. The minimum atomic E-state index is -0.212. The standard InChI is InChI=1S/C21H22N4O3S/c26-19(22-17-5-2-1-3-6-17)16-10-8-15(9-11-16)14-29-21-24-23-20(27)25(21)13-18-7-4-12-28-18/h1-3,5-6,8-11,18H,4,7,12-14H2,(H,22,26)(H,23,27)/t18-/m0/s1. The van der Waals surface area contributed by atoms with Crippen LogP contribution in [0.3, 0.4) is 0 Å². The molecule has 2 N–H and O–H groups in total. The number of nitrogens with zero attached hydrogens (tertiary/aromatic N) is 2. The second-order valence-electron chi connectivity index (χ2n) is 6.86. The number of anilines is 1. The van der Waals surface area contributed by atoms with Crippen LogP contribution in [0.2, 0.25) is 0 Å². The Morgan fingerprint density at radius 2 is 2.00 bits per heavy atom. The summed E-state index contributed by atoms with van der Waals surface area (Å²) in [6, 6.07) is 16.8. The molecule has 1 aliphatic heterocycles. The Balaban J connectivity index is 1.36. The van der Waals surface area contributed by atoms with Gasteiger partial charge in [-0.25, -0.2) is 9.89 Å². The number of thioether (sulfide) groups is 1. The SMILES string of the molecule is O=C(Nc1ccccc1)c1ccc(CSc2n[nH]c(=O)n2C[C@@H]2CCCO2)cc1. The van der Waals surface area contributed by atoms with E-state index in [0.29, 0.717) is 23.0 Å². The summed E-state index contributed by atoms with van der Waals surface area (Å²) in [5, 5.41) is 10.2. The molecule has 1 atom stereocenters. The summed E-state index contributed by atoms with van der Waals surface area (Å²) in [7, 11) is 0. The average Bonchev–Trinajstić information content (AvgIpc) is 3.38. The van der Waals surface area contributed by atoms with E-state index in [9.17, 15) is 9.59 Å². The van der Waals surface area contributed by atoms with Gasteiger partial charge in [-0.05, 0) is 42.7 Å². The third-order valence-electron chi connectivity index (χ3n) is 4.75. The van der Waals surface area contributed by atoms with E-state index in [2.05, 4.69) is 15.5 Å². The highest BCUT2D eigenvalue weighted by atomic mass is 32.2. The molecule has 8 heteroatoms. The topological polar surface area (TPSA) is 89.0 Å². The summed E-state index contributed by atoms with van der Waals surface area (Å²) in [6.07, 6.45) is 2.07. The Morgan fingerprint density at radius 3 is 2.72 bits per heavy atom. The van der Waals surface area contributed by atoms with Crippen molar-refractivity contribution in [3.05, 3.63) is 76.2 Å². The number of nitrogens with one attached hydrogen (secondary N) is 2. The highest BCUT2D eigenvalue weighted by Crippen LogP contribution is 2.22. The predicted molar refractivity (Wildman–Crippen MR) is 112 cm³/mol. The molecule has 7 nitrogen and oxygen atoms in total. The molecule has 29 heavy (non-hydrogen) atoms. The molecule has 1 fully saturated rings.